The lowest BCUT2D eigenvalue weighted by atomic mass is 10.2. The van der Waals surface area contributed by atoms with Gasteiger partial charge in [0.15, 0.2) is 0 Å². The Balaban J connectivity index is 4.81. The van der Waals surface area contributed by atoms with Crippen LogP contribution in [0.4, 0.5) is 0 Å². The Kier molecular flexibility index (Phi) is 11.7. The Labute approximate surface area is 125 Å². The first-order valence-electron chi connectivity index (χ1n) is 7.86. The van der Waals surface area contributed by atoms with Crippen molar-refractivity contribution in [2.24, 2.45) is 5.73 Å². The van der Waals surface area contributed by atoms with Crippen LogP contribution in [0.2, 0.25) is 6.04 Å². The summed E-state index contributed by atoms with van der Waals surface area (Å²) in [5.41, 5.74) is 5.78. The standard InChI is InChI=1S/C14H33NO4Si/c1-6-10-11-14(19-13(5)15)12-20(16-7-2,17-8-3)18-9-4/h13-14H,6-12,15H2,1-5H3. The second-order valence-electron chi connectivity index (χ2n) is 4.79. The van der Waals surface area contributed by atoms with E-state index in [4.69, 9.17) is 23.7 Å². The molecule has 2 unspecified atom stereocenters. The third-order valence-electron chi connectivity index (χ3n) is 2.86. The highest BCUT2D eigenvalue weighted by molar-refractivity contribution is 6.60. The molecule has 0 aliphatic rings. The van der Waals surface area contributed by atoms with Gasteiger partial charge in [0.2, 0.25) is 0 Å². The SMILES string of the molecule is CCCCC(C[Si](OCC)(OCC)OCC)OC(C)N. The van der Waals surface area contributed by atoms with E-state index in [-0.39, 0.29) is 12.3 Å². The molecule has 0 aromatic heterocycles. The summed E-state index contributed by atoms with van der Waals surface area (Å²) in [6, 6.07) is 0.671. The molecular formula is C14H33NO4Si. The number of ether oxygens (including phenoxy) is 1. The highest BCUT2D eigenvalue weighted by Crippen LogP contribution is 2.23. The smallest absolute Gasteiger partial charge is 0.374 e. The summed E-state index contributed by atoms with van der Waals surface area (Å²) in [4.78, 5) is 0. The minimum Gasteiger partial charge on any atom is -0.374 e. The van der Waals surface area contributed by atoms with E-state index >= 15 is 0 Å². The van der Waals surface area contributed by atoms with Gasteiger partial charge in [0.05, 0.1) is 6.10 Å². The normalized spacial score (nSPS) is 15.3. The quantitative estimate of drug-likeness (QED) is 0.419. The minimum absolute atomic E-state index is 0.0336. The number of nitrogens with two attached hydrogens (primary N) is 1. The third kappa shape index (κ3) is 8.34. The topological polar surface area (TPSA) is 62.9 Å². The molecule has 0 heterocycles. The highest BCUT2D eigenvalue weighted by atomic mass is 28.4. The van der Waals surface area contributed by atoms with Gasteiger partial charge >= 0.3 is 8.80 Å². The van der Waals surface area contributed by atoms with Gasteiger partial charge in [0.25, 0.3) is 0 Å². The number of hydrogen-bond acceptors (Lipinski definition) is 5. The van der Waals surface area contributed by atoms with Gasteiger partial charge in [-0.15, -0.1) is 0 Å². The van der Waals surface area contributed by atoms with Crippen LogP contribution < -0.4 is 5.73 Å². The molecule has 0 bridgehead atoms. The van der Waals surface area contributed by atoms with Crippen LogP contribution in [0, 0.1) is 0 Å². The van der Waals surface area contributed by atoms with E-state index in [9.17, 15) is 0 Å². The van der Waals surface area contributed by atoms with E-state index < -0.39 is 8.80 Å². The van der Waals surface area contributed by atoms with Gasteiger partial charge in [0, 0.05) is 25.9 Å². The van der Waals surface area contributed by atoms with Crippen LogP contribution in [-0.2, 0) is 18.0 Å². The molecule has 0 rings (SSSR count). The van der Waals surface area contributed by atoms with Crippen LogP contribution in [0.5, 0.6) is 0 Å². The van der Waals surface area contributed by atoms with E-state index in [0.717, 1.165) is 19.3 Å². The predicted molar refractivity (Wildman–Crippen MR) is 83.5 cm³/mol. The van der Waals surface area contributed by atoms with Gasteiger partial charge in [0.1, 0.15) is 6.23 Å². The van der Waals surface area contributed by atoms with Crippen molar-refractivity contribution in [1.29, 1.82) is 0 Å². The van der Waals surface area contributed by atoms with Crippen molar-refractivity contribution in [2.45, 2.75) is 72.3 Å². The predicted octanol–water partition coefficient (Wildman–Crippen LogP) is 2.91. The number of unbranched alkanes of at least 4 members (excludes halogenated alkanes) is 1. The molecule has 20 heavy (non-hydrogen) atoms. The van der Waals surface area contributed by atoms with Crippen molar-refractivity contribution in [2.75, 3.05) is 19.8 Å². The maximum absolute atomic E-state index is 5.88. The second kappa shape index (κ2) is 11.7. The van der Waals surface area contributed by atoms with Crippen molar-refractivity contribution >= 4 is 8.80 Å². The summed E-state index contributed by atoms with van der Waals surface area (Å²) in [7, 11) is -2.66. The van der Waals surface area contributed by atoms with Crippen molar-refractivity contribution in [1.82, 2.24) is 0 Å². The zero-order valence-corrected chi connectivity index (χ0v) is 14.8. The van der Waals surface area contributed by atoms with E-state index in [1.165, 1.54) is 0 Å². The minimum atomic E-state index is -2.66. The maximum atomic E-state index is 5.88. The lowest BCUT2D eigenvalue weighted by Crippen LogP contribution is -2.49. The number of rotatable bonds is 13. The van der Waals surface area contributed by atoms with Crippen LogP contribution in [0.1, 0.15) is 53.9 Å². The zero-order valence-electron chi connectivity index (χ0n) is 13.8. The molecule has 6 heteroatoms. The van der Waals surface area contributed by atoms with Crippen molar-refractivity contribution in [3.8, 4) is 0 Å². The molecule has 0 aromatic carbocycles. The van der Waals surface area contributed by atoms with Gasteiger partial charge in [-0.3, -0.25) is 0 Å². The molecule has 0 aromatic rings. The number of hydrogen-bond donors (Lipinski definition) is 1. The monoisotopic (exact) mass is 307 g/mol. The summed E-state index contributed by atoms with van der Waals surface area (Å²) in [6.07, 6.45) is 2.94. The molecule has 0 amide bonds. The fourth-order valence-corrected chi connectivity index (χ4v) is 4.97. The molecule has 0 radical (unpaired) electrons. The molecule has 0 saturated heterocycles. The lowest BCUT2D eigenvalue weighted by Gasteiger charge is -2.32. The van der Waals surface area contributed by atoms with Gasteiger partial charge in [-0.1, -0.05) is 19.8 Å². The summed E-state index contributed by atoms with van der Waals surface area (Å²) in [6.45, 7) is 11.7. The molecule has 5 nitrogen and oxygen atoms in total. The van der Waals surface area contributed by atoms with Crippen LogP contribution >= 0.6 is 0 Å². The van der Waals surface area contributed by atoms with Gasteiger partial charge < -0.3 is 23.7 Å². The van der Waals surface area contributed by atoms with E-state index in [1.54, 1.807) is 0 Å². The van der Waals surface area contributed by atoms with Crippen LogP contribution in [0.3, 0.4) is 0 Å². The molecule has 0 spiro atoms. The Morgan fingerprint density at radius 3 is 1.80 bits per heavy atom. The first kappa shape index (κ1) is 20.0. The Bertz CT molecular complexity index is 212. The second-order valence-corrected chi connectivity index (χ2v) is 7.43. The van der Waals surface area contributed by atoms with Gasteiger partial charge in [-0.05, 0) is 34.1 Å². The van der Waals surface area contributed by atoms with Crippen LogP contribution in [0.25, 0.3) is 0 Å². The average Bonchev–Trinajstić information content (AvgIpc) is 2.36. The summed E-state index contributed by atoms with van der Waals surface area (Å²) in [5.74, 6) is 0. The van der Waals surface area contributed by atoms with Gasteiger partial charge in [-0.2, -0.15) is 0 Å². The largest absolute Gasteiger partial charge is 0.503 e. The van der Waals surface area contributed by atoms with Crippen molar-refractivity contribution < 1.29 is 18.0 Å². The Morgan fingerprint density at radius 2 is 1.45 bits per heavy atom. The lowest BCUT2D eigenvalue weighted by molar-refractivity contribution is -0.0121. The molecule has 0 aliphatic heterocycles. The fraction of sp³-hybridized carbons (Fsp3) is 1.00. The molecule has 0 saturated carbocycles. The Morgan fingerprint density at radius 1 is 0.950 bits per heavy atom. The van der Waals surface area contributed by atoms with Gasteiger partial charge in [-0.25, -0.2) is 0 Å². The average molecular weight is 308 g/mol. The molecule has 122 valence electrons. The third-order valence-corrected chi connectivity index (χ3v) is 6.00. The molecule has 0 aliphatic carbocycles. The first-order valence-corrected chi connectivity index (χ1v) is 9.79. The molecule has 2 atom stereocenters. The molecular weight excluding hydrogens is 274 g/mol. The van der Waals surface area contributed by atoms with Crippen LogP contribution in [-0.4, -0.2) is 41.0 Å². The fourth-order valence-electron chi connectivity index (χ4n) is 2.19. The van der Waals surface area contributed by atoms with Crippen molar-refractivity contribution in [3.63, 3.8) is 0 Å². The maximum Gasteiger partial charge on any atom is 0.503 e. The first-order chi connectivity index (χ1) is 9.53. The van der Waals surface area contributed by atoms with Crippen LogP contribution in [0.15, 0.2) is 0 Å². The molecule has 2 N–H and O–H groups in total. The summed E-state index contributed by atoms with van der Waals surface area (Å²) >= 11 is 0. The molecule has 0 fully saturated rings. The van der Waals surface area contributed by atoms with E-state index in [0.29, 0.717) is 25.9 Å². The van der Waals surface area contributed by atoms with Crippen molar-refractivity contribution in [3.05, 3.63) is 0 Å². The van der Waals surface area contributed by atoms with E-state index in [1.807, 2.05) is 27.7 Å². The summed E-state index contributed by atoms with van der Waals surface area (Å²) in [5, 5.41) is 0. The highest BCUT2D eigenvalue weighted by Gasteiger charge is 2.43. The zero-order chi connectivity index (χ0) is 15.4. The van der Waals surface area contributed by atoms with E-state index in [2.05, 4.69) is 6.92 Å². The summed E-state index contributed by atoms with van der Waals surface area (Å²) < 4.78 is 23.4. The Hall–Kier alpha value is 0.0169.